The summed E-state index contributed by atoms with van der Waals surface area (Å²) < 4.78 is 0.951. The van der Waals surface area contributed by atoms with E-state index in [1.165, 1.54) is 0 Å². The van der Waals surface area contributed by atoms with Gasteiger partial charge in [0.25, 0.3) is 0 Å². The monoisotopic (exact) mass is 341 g/mol. The van der Waals surface area contributed by atoms with Crippen molar-refractivity contribution in [3.05, 3.63) is 28.2 Å². The molecule has 0 radical (unpaired) electrons. The number of nitrogens with zero attached hydrogens (tertiary/aromatic N) is 2. The molecule has 1 aliphatic rings. The molecule has 0 atom stereocenters. The van der Waals surface area contributed by atoms with E-state index in [9.17, 15) is 4.79 Å². The Bertz CT molecular complexity index is 521. The lowest BCUT2D eigenvalue weighted by atomic mass is 10.1. The van der Waals surface area contributed by atoms with Gasteiger partial charge in [0, 0.05) is 35.9 Å². The molecule has 0 spiro atoms. The van der Waals surface area contributed by atoms with Crippen LogP contribution in [0.25, 0.3) is 0 Å². The largest absolute Gasteiger partial charge is 0.389 e. The molecule has 1 heterocycles. The van der Waals surface area contributed by atoms with E-state index < -0.39 is 0 Å². The maximum absolute atomic E-state index is 12.0. The molecule has 0 aromatic heterocycles. The van der Waals surface area contributed by atoms with Gasteiger partial charge in [0.15, 0.2) is 0 Å². The summed E-state index contributed by atoms with van der Waals surface area (Å²) in [5.74, 6) is 0.117. The van der Waals surface area contributed by atoms with Crippen LogP contribution in [0.15, 0.2) is 22.7 Å². The van der Waals surface area contributed by atoms with Crippen LogP contribution in [0.1, 0.15) is 12.0 Å². The Labute approximate surface area is 126 Å². The van der Waals surface area contributed by atoms with E-state index in [4.69, 9.17) is 18.0 Å². The number of thiocarbonyl (C=S) groups is 1. The van der Waals surface area contributed by atoms with Crippen LogP contribution in [0.3, 0.4) is 0 Å². The number of rotatable bonds is 2. The molecule has 2 rings (SSSR count). The van der Waals surface area contributed by atoms with Crippen molar-refractivity contribution in [1.29, 1.82) is 0 Å². The first-order valence-corrected chi connectivity index (χ1v) is 7.27. The van der Waals surface area contributed by atoms with Crippen LogP contribution in [0.2, 0.25) is 0 Å². The van der Waals surface area contributed by atoms with Gasteiger partial charge in [-0.2, -0.15) is 0 Å². The highest BCUT2D eigenvalue weighted by Crippen LogP contribution is 2.26. The second-order valence-corrected chi connectivity index (χ2v) is 5.97. The van der Waals surface area contributed by atoms with Crippen molar-refractivity contribution in [2.75, 3.05) is 31.6 Å². The number of benzene rings is 1. The lowest BCUT2D eigenvalue weighted by Crippen LogP contribution is -2.35. The van der Waals surface area contributed by atoms with E-state index >= 15 is 0 Å². The van der Waals surface area contributed by atoms with E-state index in [0.717, 1.165) is 35.2 Å². The summed E-state index contributed by atoms with van der Waals surface area (Å²) in [5, 5.41) is 0. The molecule has 0 saturated carbocycles. The van der Waals surface area contributed by atoms with Gasteiger partial charge in [-0.1, -0.05) is 28.1 Å². The molecule has 19 heavy (non-hydrogen) atoms. The topological polar surface area (TPSA) is 49.6 Å². The molecule has 2 N–H and O–H groups in total. The van der Waals surface area contributed by atoms with Gasteiger partial charge < -0.3 is 15.5 Å². The first-order valence-electron chi connectivity index (χ1n) is 6.07. The number of hydrogen-bond donors (Lipinski definition) is 1. The van der Waals surface area contributed by atoms with Crippen LogP contribution in [0.5, 0.6) is 0 Å². The third-order valence-electron chi connectivity index (χ3n) is 3.24. The summed E-state index contributed by atoms with van der Waals surface area (Å²) in [6, 6.07) is 5.76. The Morgan fingerprint density at radius 2 is 2.16 bits per heavy atom. The summed E-state index contributed by atoms with van der Waals surface area (Å²) in [5.41, 5.74) is 7.50. The number of carbonyl (C=O) groups excluding carboxylic acids is 1. The minimum absolute atomic E-state index is 0.117. The van der Waals surface area contributed by atoms with E-state index in [0.29, 0.717) is 11.5 Å². The molecule has 1 amide bonds. The summed E-state index contributed by atoms with van der Waals surface area (Å²) in [7, 11) is 1.83. The Morgan fingerprint density at radius 3 is 2.84 bits per heavy atom. The van der Waals surface area contributed by atoms with Crippen LogP contribution in [0, 0.1) is 0 Å². The second kappa shape index (κ2) is 5.88. The normalized spacial score (nSPS) is 16.4. The fraction of sp³-hybridized carbons (Fsp3) is 0.385. The SMILES string of the molecule is CN1CCCN(c2cc(Br)ccc2C(N)=S)CC1=O. The van der Waals surface area contributed by atoms with Crippen molar-refractivity contribution in [2.24, 2.45) is 5.73 Å². The van der Waals surface area contributed by atoms with Crippen molar-refractivity contribution in [2.45, 2.75) is 6.42 Å². The van der Waals surface area contributed by atoms with Crippen molar-refractivity contribution in [3.63, 3.8) is 0 Å². The minimum atomic E-state index is 0.117. The maximum atomic E-state index is 12.0. The van der Waals surface area contributed by atoms with E-state index in [1.54, 1.807) is 4.90 Å². The zero-order valence-electron chi connectivity index (χ0n) is 10.7. The summed E-state index contributed by atoms with van der Waals surface area (Å²) in [6.07, 6.45) is 0.936. The Morgan fingerprint density at radius 1 is 1.42 bits per heavy atom. The van der Waals surface area contributed by atoms with Gasteiger partial charge in [-0.15, -0.1) is 0 Å². The van der Waals surface area contributed by atoms with Gasteiger partial charge >= 0.3 is 0 Å². The third kappa shape index (κ3) is 3.25. The van der Waals surface area contributed by atoms with Gasteiger partial charge in [0.2, 0.25) is 5.91 Å². The first kappa shape index (κ1) is 14.3. The Kier molecular flexibility index (Phi) is 4.42. The molecule has 4 nitrogen and oxygen atoms in total. The quantitative estimate of drug-likeness (QED) is 0.832. The van der Waals surface area contributed by atoms with Crippen molar-refractivity contribution in [3.8, 4) is 0 Å². The number of nitrogens with two attached hydrogens (primary N) is 1. The van der Waals surface area contributed by atoms with Gasteiger partial charge in [0.1, 0.15) is 4.99 Å². The van der Waals surface area contributed by atoms with Crippen molar-refractivity contribution < 1.29 is 4.79 Å². The standard InChI is InChI=1S/C13H16BrN3OS/c1-16-5-2-6-17(8-12(16)18)11-7-9(14)3-4-10(11)13(15)19/h3-4,7H,2,5-6,8H2,1H3,(H2,15,19). The van der Waals surface area contributed by atoms with Crippen LogP contribution in [-0.4, -0.2) is 42.5 Å². The Balaban J connectivity index is 2.37. The average Bonchev–Trinajstić information content (AvgIpc) is 2.51. The maximum Gasteiger partial charge on any atom is 0.241 e. The number of halogens is 1. The van der Waals surface area contributed by atoms with Crippen molar-refractivity contribution in [1.82, 2.24) is 4.90 Å². The molecule has 0 aliphatic carbocycles. The predicted molar refractivity (Wildman–Crippen MR) is 84.5 cm³/mol. The first-order chi connectivity index (χ1) is 8.99. The Hall–Kier alpha value is -1.14. The van der Waals surface area contributed by atoms with Gasteiger partial charge in [-0.05, 0) is 24.6 Å². The molecule has 0 bridgehead atoms. The lowest BCUT2D eigenvalue weighted by molar-refractivity contribution is -0.127. The number of carbonyl (C=O) groups is 1. The highest BCUT2D eigenvalue weighted by atomic mass is 79.9. The molecule has 1 saturated heterocycles. The summed E-state index contributed by atoms with van der Waals surface area (Å²) >= 11 is 8.54. The lowest BCUT2D eigenvalue weighted by Gasteiger charge is -2.24. The highest BCUT2D eigenvalue weighted by molar-refractivity contribution is 9.10. The van der Waals surface area contributed by atoms with Crippen LogP contribution in [-0.2, 0) is 4.79 Å². The van der Waals surface area contributed by atoms with E-state index in [1.807, 2.05) is 30.1 Å². The van der Waals surface area contributed by atoms with Gasteiger partial charge in [-0.3, -0.25) is 4.79 Å². The molecular weight excluding hydrogens is 326 g/mol. The van der Waals surface area contributed by atoms with Gasteiger partial charge in [-0.25, -0.2) is 0 Å². The van der Waals surface area contributed by atoms with Crippen LogP contribution < -0.4 is 10.6 Å². The average molecular weight is 342 g/mol. The molecule has 6 heteroatoms. The van der Waals surface area contributed by atoms with E-state index in [-0.39, 0.29) is 5.91 Å². The smallest absolute Gasteiger partial charge is 0.241 e. The van der Waals surface area contributed by atoms with E-state index in [2.05, 4.69) is 15.9 Å². The highest BCUT2D eigenvalue weighted by Gasteiger charge is 2.21. The molecule has 102 valence electrons. The molecular formula is C13H16BrN3OS. The predicted octanol–water partition coefficient (Wildman–Crippen LogP) is 1.75. The second-order valence-electron chi connectivity index (χ2n) is 4.62. The molecule has 1 fully saturated rings. The molecule has 1 aromatic rings. The molecule has 1 aromatic carbocycles. The number of anilines is 1. The summed E-state index contributed by atoms with van der Waals surface area (Å²) in [4.78, 5) is 16.1. The van der Waals surface area contributed by atoms with Crippen LogP contribution >= 0.6 is 28.1 Å². The fourth-order valence-electron chi connectivity index (χ4n) is 2.17. The minimum Gasteiger partial charge on any atom is -0.389 e. The van der Waals surface area contributed by atoms with Crippen LogP contribution in [0.4, 0.5) is 5.69 Å². The molecule has 0 unspecified atom stereocenters. The van der Waals surface area contributed by atoms with Crippen molar-refractivity contribution >= 4 is 44.7 Å². The third-order valence-corrected chi connectivity index (χ3v) is 3.95. The number of likely N-dealkylation sites (N-methyl/N-ethyl adjacent to an activating group) is 1. The molecule has 1 aliphatic heterocycles. The zero-order valence-corrected chi connectivity index (χ0v) is 13.1. The number of hydrogen-bond acceptors (Lipinski definition) is 3. The zero-order chi connectivity index (χ0) is 14.0. The number of amides is 1. The fourth-order valence-corrected chi connectivity index (χ4v) is 2.69. The van der Waals surface area contributed by atoms with Gasteiger partial charge in [0.05, 0.1) is 6.54 Å². The summed E-state index contributed by atoms with van der Waals surface area (Å²) in [6.45, 7) is 1.97.